The normalized spacial score (nSPS) is 16.0. The van der Waals surface area contributed by atoms with Gasteiger partial charge in [-0.25, -0.2) is 4.39 Å². The topological polar surface area (TPSA) is 79.8 Å². The van der Waals surface area contributed by atoms with Crippen LogP contribution in [0.3, 0.4) is 0 Å². The fraction of sp³-hybridized carbons (Fsp3) is 0.348. The van der Waals surface area contributed by atoms with Crippen molar-refractivity contribution >= 4 is 17.5 Å². The monoisotopic (exact) mass is 573 g/mol. The average Bonchev–Trinajstić information content (AvgIpc) is 3.29. The van der Waals surface area contributed by atoms with Gasteiger partial charge in [0.25, 0.3) is 5.91 Å². The van der Waals surface area contributed by atoms with E-state index >= 15 is 0 Å². The Hall–Kier alpha value is -3.85. The summed E-state index contributed by atoms with van der Waals surface area (Å²) in [6.45, 7) is -0.888. The highest BCUT2D eigenvalue weighted by molar-refractivity contribution is 6.03. The second-order valence-corrected chi connectivity index (χ2v) is 8.36. The lowest BCUT2D eigenvalue weighted by Gasteiger charge is -2.18. The minimum absolute atomic E-state index is 0.0113. The first-order valence-corrected chi connectivity index (χ1v) is 10.8. The maximum absolute atomic E-state index is 14.6. The first-order chi connectivity index (χ1) is 17.9. The number of carbonyl (C=O) groups is 2. The summed E-state index contributed by atoms with van der Waals surface area (Å²) in [5.74, 6) is -3.83. The van der Waals surface area contributed by atoms with Crippen LogP contribution in [-0.4, -0.2) is 36.8 Å². The van der Waals surface area contributed by atoms with Gasteiger partial charge in [-0.05, 0) is 42.3 Å². The number of hydrogen-bond acceptors (Lipinski definition) is 4. The van der Waals surface area contributed by atoms with Crippen LogP contribution < -0.4 is 10.6 Å². The van der Waals surface area contributed by atoms with Gasteiger partial charge in [0.1, 0.15) is 12.4 Å². The Morgan fingerprint density at radius 1 is 0.974 bits per heavy atom. The summed E-state index contributed by atoms with van der Waals surface area (Å²) >= 11 is 0. The van der Waals surface area contributed by atoms with Crippen molar-refractivity contribution in [3.05, 3.63) is 69.5 Å². The number of oxime groups is 1. The van der Waals surface area contributed by atoms with Gasteiger partial charge < -0.3 is 15.5 Å². The molecule has 1 aliphatic heterocycles. The van der Waals surface area contributed by atoms with E-state index in [1.54, 1.807) is 5.32 Å². The van der Waals surface area contributed by atoms with Crippen molar-refractivity contribution in [2.75, 3.05) is 13.1 Å². The fourth-order valence-electron chi connectivity index (χ4n) is 3.58. The molecule has 0 saturated carbocycles. The van der Waals surface area contributed by atoms with Gasteiger partial charge >= 0.3 is 18.5 Å². The predicted molar refractivity (Wildman–Crippen MR) is 114 cm³/mol. The number of alkyl halides is 9. The first-order valence-electron chi connectivity index (χ1n) is 10.8. The molecule has 16 heteroatoms. The molecule has 2 amide bonds. The summed E-state index contributed by atoms with van der Waals surface area (Å²) in [5, 5.41) is 7.36. The highest BCUT2D eigenvalue weighted by Gasteiger charge is 2.42. The predicted octanol–water partition coefficient (Wildman–Crippen LogP) is 5.45. The van der Waals surface area contributed by atoms with Gasteiger partial charge in [-0.15, -0.1) is 0 Å². The Balaban J connectivity index is 1.74. The number of halogens is 10. The summed E-state index contributed by atoms with van der Waals surface area (Å²) in [6.07, 6.45) is -17.3. The smallest absolute Gasteiger partial charge is 0.387 e. The van der Waals surface area contributed by atoms with E-state index < -0.39 is 78.5 Å². The standard InChI is InChI=1S/C23H17F10N3O3/c1-10-4-11(2-3-13(10)20(38)34-8-18(37)35-9-21(25,26)27)16-7-17(39-36-16)14-5-12(22(28,29)30)6-15(19(14)24)23(31,32)33/h2-6,17H,7-9H2,1H3,(H,34,38)(H,35,37). The molecule has 1 heterocycles. The summed E-state index contributed by atoms with van der Waals surface area (Å²) in [4.78, 5) is 28.7. The number of carbonyl (C=O) groups excluding carboxylic acids is 2. The van der Waals surface area contributed by atoms with Gasteiger partial charge in [0.2, 0.25) is 5.91 Å². The van der Waals surface area contributed by atoms with Crippen LogP contribution in [0.5, 0.6) is 0 Å². The quantitative estimate of drug-likeness (QED) is 0.452. The van der Waals surface area contributed by atoms with E-state index in [2.05, 4.69) is 10.5 Å². The highest BCUT2D eigenvalue weighted by Crippen LogP contribution is 2.42. The van der Waals surface area contributed by atoms with Crippen LogP contribution in [0.15, 0.2) is 35.5 Å². The average molecular weight is 573 g/mol. The number of aryl methyl sites for hydroxylation is 1. The lowest BCUT2D eigenvalue weighted by molar-refractivity contribution is -0.145. The lowest BCUT2D eigenvalue weighted by Crippen LogP contribution is -2.41. The van der Waals surface area contributed by atoms with Crippen molar-refractivity contribution in [2.24, 2.45) is 5.16 Å². The van der Waals surface area contributed by atoms with Gasteiger partial charge in [0.15, 0.2) is 6.10 Å². The van der Waals surface area contributed by atoms with Crippen molar-refractivity contribution in [3.63, 3.8) is 0 Å². The molecular formula is C23H17F10N3O3. The molecule has 2 aromatic rings. The third-order valence-electron chi connectivity index (χ3n) is 5.45. The number of nitrogens with zero attached hydrogens (tertiary/aromatic N) is 1. The zero-order valence-electron chi connectivity index (χ0n) is 19.5. The van der Waals surface area contributed by atoms with E-state index in [-0.39, 0.29) is 34.5 Å². The first kappa shape index (κ1) is 29.7. The molecule has 1 unspecified atom stereocenters. The summed E-state index contributed by atoms with van der Waals surface area (Å²) < 4.78 is 130. The van der Waals surface area contributed by atoms with Gasteiger partial charge in [-0.2, -0.15) is 39.5 Å². The molecule has 0 radical (unpaired) electrons. The van der Waals surface area contributed by atoms with Gasteiger partial charge in [0.05, 0.1) is 23.4 Å². The van der Waals surface area contributed by atoms with Crippen molar-refractivity contribution in [2.45, 2.75) is 38.0 Å². The molecule has 0 fully saturated rings. The van der Waals surface area contributed by atoms with E-state index in [1.165, 1.54) is 25.1 Å². The van der Waals surface area contributed by atoms with Crippen molar-refractivity contribution in [3.8, 4) is 0 Å². The minimum Gasteiger partial charge on any atom is -0.387 e. The molecule has 3 rings (SSSR count). The minimum atomic E-state index is -5.41. The molecule has 39 heavy (non-hydrogen) atoms. The van der Waals surface area contributed by atoms with Crippen LogP contribution in [0, 0.1) is 12.7 Å². The maximum atomic E-state index is 14.6. The fourth-order valence-corrected chi connectivity index (χ4v) is 3.58. The van der Waals surface area contributed by atoms with Gasteiger partial charge in [0, 0.05) is 17.5 Å². The molecule has 6 nitrogen and oxygen atoms in total. The van der Waals surface area contributed by atoms with Crippen molar-refractivity contribution < 1.29 is 58.3 Å². The summed E-state index contributed by atoms with van der Waals surface area (Å²) in [6, 6.07) is 3.81. The molecule has 1 atom stereocenters. The van der Waals surface area contributed by atoms with E-state index in [1.807, 2.05) is 0 Å². The molecule has 0 bridgehead atoms. The van der Waals surface area contributed by atoms with E-state index in [4.69, 9.17) is 4.84 Å². The molecule has 2 aromatic carbocycles. The van der Waals surface area contributed by atoms with E-state index in [0.717, 1.165) is 0 Å². The Morgan fingerprint density at radius 3 is 2.21 bits per heavy atom. The molecule has 2 N–H and O–H groups in total. The van der Waals surface area contributed by atoms with Gasteiger partial charge in [-0.3, -0.25) is 9.59 Å². The number of amides is 2. The molecule has 0 saturated heterocycles. The summed E-state index contributed by atoms with van der Waals surface area (Å²) in [5.41, 5.74) is -4.25. The Morgan fingerprint density at radius 2 is 1.64 bits per heavy atom. The largest absolute Gasteiger partial charge is 0.419 e. The van der Waals surface area contributed by atoms with Crippen LogP contribution in [0.25, 0.3) is 0 Å². The number of nitrogens with one attached hydrogen (secondary N) is 2. The third kappa shape index (κ3) is 7.38. The highest BCUT2D eigenvalue weighted by atomic mass is 19.4. The van der Waals surface area contributed by atoms with Crippen molar-refractivity contribution in [1.29, 1.82) is 0 Å². The van der Waals surface area contributed by atoms with Crippen LogP contribution in [0.2, 0.25) is 0 Å². The lowest BCUT2D eigenvalue weighted by atomic mass is 9.94. The van der Waals surface area contributed by atoms with E-state index in [9.17, 15) is 53.5 Å². The second-order valence-electron chi connectivity index (χ2n) is 8.36. The Kier molecular flexibility index (Phi) is 8.17. The number of rotatable bonds is 6. The maximum Gasteiger partial charge on any atom is 0.419 e. The molecule has 0 aromatic heterocycles. The second kappa shape index (κ2) is 10.7. The van der Waals surface area contributed by atoms with Crippen LogP contribution in [0.4, 0.5) is 43.9 Å². The van der Waals surface area contributed by atoms with E-state index in [0.29, 0.717) is 0 Å². The van der Waals surface area contributed by atoms with Crippen molar-refractivity contribution in [1.82, 2.24) is 10.6 Å². The SMILES string of the molecule is Cc1cc(C2=NOC(c3cc(C(F)(F)F)cc(C(F)(F)F)c3F)C2)ccc1C(=O)NCC(=O)NCC(F)(F)F. The Labute approximate surface area is 213 Å². The zero-order chi connectivity index (χ0) is 29.3. The van der Waals surface area contributed by atoms with Gasteiger partial charge in [-0.1, -0.05) is 11.2 Å². The molecule has 0 aliphatic carbocycles. The Bertz CT molecular complexity index is 1300. The van der Waals surface area contributed by atoms with Crippen LogP contribution >= 0.6 is 0 Å². The molecule has 212 valence electrons. The number of hydrogen-bond donors (Lipinski definition) is 2. The molecular weight excluding hydrogens is 556 g/mol. The molecule has 1 aliphatic rings. The molecule has 0 spiro atoms. The van der Waals surface area contributed by atoms with Crippen LogP contribution in [-0.2, 0) is 22.0 Å². The van der Waals surface area contributed by atoms with Crippen LogP contribution in [0.1, 0.15) is 50.7 Å². The summed E-state index contributed by atoms with van der Waals surface area (Å²) in [7, 11) is 0. The zero-order valence-corrected chi connectivity index (χ0v) is 19.5. The third-order valence-corrected chi connectivity index (χ3v) is 5.45. The number of benzene rings is 2.